The van der Waals surface area contributed by atoms with E-state index in [0.29, 0.717) is 6.54 Å². The second-order valence-corrected chi connectivity index (χ2v) is 12.4. The molecule has 7 nitrogen and oxygen atoms in total. The van der Waals surface area contributed by atoms with Crippen molar-refractivity contribution in [1.82, 2.24) is 29.9 Å². The van der Waals surface area contributed by atoms with E-state index in [0.717, 1.165) is 44.9 Å². The minimum Gasteiger partial charge on any atom is -0.394 e. The zero-order valence-electron chi connectivity index (χ0n) is 29.6. The summed E-state index contributed by atoms with van der Waals surface area (Å²) in [7, 11) is 0. The molecule has 0 saturated heterocycles. The minimum atomic E-state index is 0. The van der Waals surface area contributed by atoms with E-state index >= 15 is 0 Å². The van der Waals surface area contributed by atoms with Gasteiger partial charge < -0.3 is 5.11 Å². The summed E-state index contributed by atoms with van der Waals surface area (Å²) in [5.41, 5.74) is 7.64. The standard InChI is InChI=1S/2C19H12N.C9H10N4O.Ir/c2*1-2-8-14(9-3-1)19-17-12-5-4-10-15(17)16-11-6-7-13-18(16)20-19;14-6-5-13-7-9(11-12-13)8-3-1-2-4-10-8;/h2*1-8,10-13H;1-4,7,14H,5-6H2;/q2*-1;;. The van der Waals surface area contributed by atoms with Gasteiger partial charge >= 0.3 is 0 Å². The Bertz CT molecular complexity index is 2640. The normalized spacial score (nSPS) is 10.6. The summed E-state index contributed by atoms with van der Waals surface area (Å²) in [4.78, 5) is 13.8. The number of hydrogen-bond acceptors (Lipinski definition) is 6. The molecule has 0 spiro atoms. The van der Waals surface area contributed by atoms with Crippen LogP contribution in [0.3, 0.4) is 0 Å². The summed E-state index contributed by atoms with van der Waals surface area (Å²) in [5, 5.41) is 23.7. The summed E-state index contributed by atoms with van der Waals surface area (Å²) in [6.45, 7) is 0.519. The summed E-state index contributed by atoms with van der Waals surface area (Å²) in [6, 6.07) is 61.6. The fourth-order valence-electron chi connectivity index (χ4n) is 6.44. The zero-order valence-corrected chi connectivity index (χ0v) is 32.0. The first-order valence-corrected chi connectivity index (χ1v) is 17.7. The van der Waals surface area contributed by atoms with E-state index < -0.39 is 0 Å². The first-order valence-electron chi connectivity index (χ1n) is 17.7. The predicted octanol–water partition coefficient (Wildman–Crippen LogP) is 10.0. The quantitative estimate of drug-likeness (QED) is 0.137. The fraction of sp³-hybridized carbons (Fsp3) is 0.0426. The molecule has 0 aliphatic heterocycles. The smallest absolute Gasteiger partial charge is 0.131 e. The summed E-state index contributed by atoms with van der Waals surface area (Å²) in [6.07, 6.45) is 3.47. The van der Waals surface area contributed by atoms with Gasteiger partial charge in [0.2, 0.25) is 0 Å². The van der Waals surface area contributed by atoms with Crippen molar-refractivity contribution in [2.45, 2.75) is 6.54 Å². The van der Waals surface area contributed by atoms with Gasteiger partial charge in [-0.2, -0.15) is 0 Å². The second-order valence-electron chi connectivity index (χ2n) is 12.4. The molecular weight excluding hydrogens is 857 g/mol. The van der Waals surface area contributed by atoms with Gasteiger partial charge in [0.1, 0.15) is 5.69 Å². The van der Waals surface area contributed by atoms with Crippen LogP contribution in [0, 0.1) is 12.1 Å². The Balaban J connectivity index is 0.000000128. The predicted molar refractivity (Wildman–Crippen MR) is 217 cm³/mol. The van der Waals surface area contributed by atoms with E-state index in [1.165, 1.54) is 32.3 Å². The van der Waals surface area contributed by atoms with Crippen LogP contribution >= 0.6 is 0 Å². The molecule has 0 saturated carbocycles. The molecule has 6 aromatic carbocycles. The number of aliphatic hydroxyl groups excluding tert-OH is 1. The number of pyridine rings is 3. The van der Waals surface area contributed by atoms with E-state index in [4.69, 9.17) is 15.1 Å². The molecule has 0 fully saturated rings. The Morgan fingerprint density at radius 2 is 0.964 bits per heavy atom. The van der Waals surface area contributed by atoms with Crippen LogP contribution in [0.5, 0.6) is 0 Å². The third-order valence-electron chi connectivity index (χ3n) is 8.94. The average Bonchev–Trinajstić information content (AvgIpc) is 3.73. The van der Waals surface area contributed by atoms with Crippen molar-refractivity contribution in [3.8, 4) is 33.9 Å². The molecule has 4 aromatic heterocycles. The summed E-state index contributed by atoms with van der Waals surface area (Å²) < 4.78 is 1.59. The van der Waals surface area contributed by atoms with E-state index in [2.05, 4.69) is 124 Å². The molecule has 0 aliphatic rings. The third-order valence-corrected chi connectivity index (χ3v) is 8.94. The van der Waals surface area contributed by atoms with Gasteiger partial charge in [-0.25, -0.2) is 4.68 Å². The second kappa shape index (κ2) is 17.6. The molecule has 10 aromatic rings. The maximum absolute atomic E-state index is 8.70. The minimum absolute atomic E-state index is 0. The molecule has 0 amide bonds. The van der Waals surface area contributed by atoms with Crippen molar-refractivity contribution < 1.29 is 25.2 Å². The Morgan fingerprint density at radius 1 is 0.491 bits per heavy atom. The molecule has 55 heavy (non-hydrogen) atoms. The summed E-state index contributed by atoms with van der Waals surface area (Å²) >= 11 is 0. The molecule has 10 rings (SSSR count). The average molecular weight is 891 g/mol. The molecule has 1 radical (unpaired) electrons. The Kier molecular flexibility index (Phi) is 11.8. The molecule has 0 unspecified atom stereocenters. The van der Waals surface area contributed by atoms with Crippen molar-refractivity contribution in [2.24, 2.45) is 0 Å². The number of benzene rings is 6. The Labute approximate surface area is 332 Å². The number of nitrogens with zero attached hydrogens (tertiary/aromatic N) is 6. The maximum Gasteiger partial charge on any atom is 0.131 e. The van der Waals surface area contributed by atoms with Crippen LogP contribution in [-0.2, 0) is 26.7 Å². The molecular formula is C47H34IrN6O-2. The monoisotopic (exact) mass is 891 g/mol. The largest absolute Gasteiger partial charge is 0.394 e. The van der Waals surface area contributed by atoms with Crippen molar-refractivity contribution in [3.05, 3.63) is 188 Å². The number of para-hydroxylation sites is 2. The maximum atomic E-state index is 8.70. The number of aromatic nitrogens is 6. The van der Waals surface area contributed by atoms with Crippen LogP contribution in [0.4, 0.5) is 0 Å². The van der Waals surface area contributed by atoms with Crippen LogP contribution in [0.2, 0.25) is 0 Å². The van der Waals surface area contributed by atoms with Crippen molar-refractivity contribution in [3.63, 3.8) is 0 Å². The van der Waals surface area contributed by atoms with E-state index in [-0.39, 0.29) is 26.7 Å². The number of rotatable bonds is 5. The van der Waals surface area contributed by atoms with Gasteiger partial charge in [-0.1, -0.05) is 96.2 Å². The Morgan fingerprint density at radius 3 is 1.44 bits per heavy atom. The molecule has 1 N–H and O–H groups in total. The van der Waals surface area contributed by atoms with Crippen molar-refractivity contribution in [1.29, 1.82) is 0 Å². The SMILES string of the molecule is OCCn1cc(-c2ccccn2)nn1.[Ir].[c-]1ccccc1-c1nc2ccccc2c2ccccc12.[c-]1ccccc1-c1nc2ccccc2c2ccccc12. The first kappa shape index (κ1) is 36.9. The van der Waals surface area contributed by atoms with Gasteiger partial charge in [0.05, 0.1) is 36.1 Å². The van der Waals surface area contributed by atoms with Crippen LogP contribution in [0.15, 0.2) is 176 Å². The van der Waals surface area contributed by atoms with Crippen LogP contribution < -0.4 is 0 Å². The van der Waals surface area contributed by atoms with Crippen LogP contribution in [0.25, 0.3) is 77.3 Å². The molecule has 0 aliphatic carbocycles. The van der Waals surface area contributed by atoms with E-state index in [1.807, 2.05) is 66.7 Å². The van der Waals surface area contributed by atoms with Gasteiger partial charge in [-0.05, 0) is 57.2 Å². The van der Waals surface area contributed by atoms with Gasteiger partial charge in [-0.3, -0.25) is 15.0 Å². The van der Waals surface area contributed by atoms with Crippen molar-refractivity contribution in [2.75, 3.05) is 6.61 Å². The van der Waals surface area contributed by atoms with Gasteiger partial charge in [0.15, 0.2) is 0 Å². The number of hydrogen-bond donors (Lipinski definition) is 1. The Hall–Kier alpha value is -6.44. The zero-order chi connectivity index (χ0) is 36.5. The summed E-state index contributed by atoms with van der Waals surface area (Å²) in [5.74, 6) is 0. The number of fused-ring (bicyclic) bond motifs is 6. The molecule has 4 heterocycles. The number of aliphatic hydroxyl groups is 1. The molecule has 269 valence electrons. The van der Waals surface area contributed by atoms with E-state index in [9.17, 15) is 0 Å². The van der Waals surface area contributed by atoms with Gasteiger partial charge in [-0.15, -0.1) is 76.9 Å². The van der Waals surface area contributed by atoms with E-state index in [1.54, 1.807) is 17.1 Å². The third kappa shape index (κ3) is 8.22. The molecule has 0 atom stereocenters. The van der Waals surface area contributed by atoms with Crippen LogP contribution in [0.1, 0.15) is 0 Å². The first-order chi connectivity index (χ1) is 26.8. The van der Waals surface area contributed by atoms with Crippen LogP contribution in [-0.4, -0.2) is 41.7 Å². The topological polar surface area (TPSA) is 89.6 Å². The molecule has 0 bridgehead atoms. The van der Waals surface area contributed by atoms with Gasteiger partial charge in [0.25, 0.3) is 0 Å². The molecule has 8 heteroatoms. The fourth-order valence-corrected chi connectivity index (χ4v) is 6.44. The van der Waals surface area contributed by atoms with Crippen molar-refractivity contribution >= 4 is 43.4 Å². The van der Waals surface area contributed by atoms with Gasteiger partial charge in [0, 0.05) is 37.1 Å².